The Bertz CT molecular complexity index is 967. The number of hydrogen-bond donors (Lipinski definition) is 0. The zero-order valence-electron chi connectivity index (χ0n) is 15.5. The van der Waals surface area contributed by atoms with Gasteiger partial charge < -0.3 is 14.4 Å². The third kappa shape index (κ3) is 3.75. The molecule has 4 heteroatoms. The fraction of sp³-hybridized carbons (Fsp3) is 0.261. The smallest absolute Gasteiger partial charge is 0.227 e. The van der Waals surface area contributed by atoms with Gasteiger partial charge in [-0.25, -0.2) is 0 Å². The predicted molar refractivity (Wildman–Crippen MR) is 106 cm³/mol. The monoisotopic (exact) mass is 361 g/mol. The largest absolute Gasteiger partial charge is 0.486 e. The number of hydrogen-bond acceptors (Lipinski definition) is 3. The van der Waals surface area contributed by atoms with E-state index in [4.69, 9.17) is 9.47 Å². The summed E-state index contributed by atoms with van der Waals surface area (Å²) in [6.45, 7) is 4.29. The third-order valence-corrected chi connectivity index (χ3v) is 4.91. The summed E-state index contributed by atoms with van der Waals surface area (Å²) in [6, 6.07) is 20.3. The molecule has 0 N–H and O–H groups in total. The second-order valence-electron chi connectivity index (χ2n) is 6.71. The van der Waals surface area contributed by atoms with Crippen molar-refractivity contribution < 1.29 is 14.3 Å². The lowest BCUT2D eigenvalue weighted by Gasteiger charge is -2.25. The molecule has 0 aliphatic carbocycles. The van der Waals surface area contributed by atoms with Crippen LogP contribution in [0.1, 0.15) is 18.1 Å². The van der Waals surface area contributed by atoms with Crippen molar-refractivity contribution in [2.24, 2.45) is 0 Å². The van der Waals surface area contributed by atoms with Crippen molar-refractivity contribution in [1.29, 1.82) is 0 Å². The number of fused-ring (bicyclic) bond motifs is 2. The third-order valence-electron chi connectivity index (χ3n) is 4.91. The summed E-state index contributed by atoms with van der Waals surface area (Å²) in [5.41, 5.74) is 2.02. The first kappa shape index (κ1) is 17.4. The van der Waals surface area contributed by atoms with E-state index in [1.807, 2.05) is 48.2 Å². The van der Waals surface area contributed by atoms with E-state index in [9.17, 15) is 4.79 Å². The molecule has 0 atom stereocenters. The standard InChI is InChI=1S/C23H23NO3/c1-2-24(16-20-8-5-9-21-23(20)27-13-12-26-21)22(25)15-17-10-11-18-6-3-4-7-19(18)14-17/h3-11,14H,2,12-13,15-16H2,1H3. The second-order valence-corrected chi connectivity index (χ2v) is 6.71. The fourth-order valence-corrected chi connectivity index (χ4v) is 3.48. The summed E-state index contributed by atoms with van der Waals surface area (Å²) in [7, 11) is 0. The Morgan fingerprint density at radius 1 is 0.963 bits per heavy atom. The highest BCUT2D eigenvalue weighted by Crippen LogP contribution is 2.34. The van der Waals surface area contributed by atoms with Crippen LogP contribution >= 0.6 is 0 Å². The van der Waals surface area contributed by atoms with Crippen LogP contribution < -0.4 is 9.47 Å². The maximum atomic E-state index is 12.9. The summed E-state index contributed by atoms with van der Waals surface area (Å²) >= 11 is 0. The molecule has 27 heavy (non-hydrogen) atoms. The minimum absolute atomic E-state index is 0.113. The maximum Gasteiger partial charge on any atom is 0.227 e. The number of carbonyl (C=O) groups is 1. The van der Waals surface area contributed by atoms with Gasteiger partial charge in [-0.15, -0.1) is 0 Å². The number of benzene rings is 3. The van der Waals surface area contributed by atoms with Crippen LogP contribution in [0, 0.1) is 0 Å². The Balaban J connectivity index is 1.51. The Labute approximate surface area is 159 Å². The van der Waals surface area contributed by atoms with Crippen molar-refractivity contribution in [1.82, 2.24) is 4.90 Å². The lowest BCUT2D eigenvalue weighted by atomic mass is 10.0. The zero-order chi connectivity index (χ0) is 18.6. The number of likely N-dealkylation sites (N-methyl/N-ethyl adjacent to an activating group) is 1. The first-order valence-electron chi connectivity index (χ1n) is 9.37. The van der Waals surface area contributed by atoms with E-state index in [0.717, 1.165) is 28.0 Å². The van der Waals surface area contributed by atoms with E-state index in [1.165, 1.54) is 5.39 Å². The van der Waals surface area contributed by atoms with Crippen LogP contribution in [0.2, 0.25) is 0 Å². The van der Waals surface area contributed by atoms with Gasteiger partial charge in [0, 0.05) is 18.7 Å². The van der Waals surface area contributed by atoms with Crippen molar-refractivity contribution >= 4 is 16.7 Å². The molecule has 0 fully saturated rings. The van der Waals surface area contributed by atoms with Gasteiger partial charge in [-0.05, 0) is 29.3 Å². The summed E-state index contributed by atoms with van der Waals surface area (Å²) in [5.74, 6) is 1.64. The average molecular weight is 361 g/mol. The molecule has 4 rings (SSSR count). The van der Waals surface area contributed by atoms with Gasteiger partial charge in [0.05, 0.1) is 6.42 Å². The topological polar surface area (TPSA) is 38.8 Å². The summed E-state index contributed by atoms with van der Waals surface area (Å²) in [4.78, 5) is 14.8. The van der Waals surface area contributed by atoms with Gasteiger partial charge >= 0.3 is 0 Å². The van der Waals surface area contributed by atoms with E-state index in [2.05, 4.69) is 24.3 Å². The van der Waals surface area contributed by atoms with Crippen LogP contribution in [0.15, 0.2) is 60.7 Å². The number of rotatable bonds is 5. The molecule has 1 heterocycles. The summed E-state index contributed by atoms with van der Waals surface area (Å²) < 4.78 is 11.4. The Kier molecular flexibility index (Phi) is 4.97. The molecule has 138 valence electrons. The molecule has 0 saturated carbocycles. The van der Waals surface area contributed by atoms with Gasteiger partial charge in [0.25, 0.3) is 0 Å². The van der Waals surface area contributed by atoms with Crippen LogP contribution in [0.25, 0.3) is 10.8 Å². The van der Waals surface area contributed by atoms with Crippen molar-refractivity contribution in [3.63, 3.8) is 0 Å². The maximum absolute atomic E-state index is 12.9. The molecular formula is C23H23NO3. The molecule has 3 aromatic rings. The van der Waals surface area contributed by atoms with Crippen LogP contribution in [-0.4, -0.2) is 30.6 Å². The Hall–Kier alpha value is -3.01. The van der Waals surface area contributed by atoms with Crippen molar-refractivity contribution in [3.8, 4) is 11.5 Å². The molecule has 3 aromatic carbocycles. The molecule has 0 radical (unpaired) electrons. The van der Waals surface area contributed by atoms with Gasteiger partial charge in [0.15, 0.2) is 11.5 Å². The van der Waals surface area contributed by atoms with E-state index < -0.39 is 0 Å². The zero-order valence-corrected chi connectivity index (χ0v) is 15.5. The number of carbonyl (C=O) groups excluding carboxylic acids is 1. The second kappa shape index (κ2) is 7.70. The lowest BCUT2D eigenvalue weighted by Crippen LogP contribution is -2.32. The molecular weight excluding hydrogens is 338 g/mol. The highest BCUT2D eigenvalue weighted by atomic mass is 16.6. The quantitative estimate of drug-likeness (QED) is 0.684. The van der Waals surface area contributed by atoms with E-state index in [1.54, 1.807) is 0 Å². The molecule has 0 aromatic heterocycles. The number of amides is 1. The van der Waals surface area contributed by atoms with Gasteiger partial charge in [0.2, 0.25) is 5.91 Å². The number of para-hydroxylation sites is 1. The average Bonchev–Trinajstić information content (AvgIpc) is 2.72. The summed E-state index contributed by atoms with van der Waals surface area (Å²) in [5, 5.41) is 2.35. The molecule has 1 amide bonds. The molecule has 0 bridgehead atoms. The predicted octanol–water partition coefficient (Wildman–Crippen LogP) is 4.20. The van der Waals surface area contributed by atoms with Crippen LogP contribution in [0.4, 0.5) is 0 Å². The number of nitrogens with zero attached hydrogens (tertiary/aromatic N) is 1. The van der Waals surface area contributed by atoms with E-state index in [-0.39, 0.29) is 5.91 Å². The van der Waals surface area contributed by atoms with Gasteiger partial charge in [-0.1, -0.05) is 54.6 Å². The summed E-state index contributed by atoms with van der Waals surface area (Å²) in [6.07, 6.45) is 0.394. The number of ether oxygens (including phenoxy) is 2. The molecule has 4 nitrogen and oxygen atoms in total. The van der Waals surface area contributed by atoms with Gasteiger partial charge in [0.1, 0.15) is 13.2 Å². The van der Waals surface area contributed by atoms with Crippen LogP contribution in [-0.2, 0) is 17.8 Å². The van der Waals surface area contributed by atoms with Gasteiger partial charge in [-0.2, -0.15) is 0 Å². The first-order valence-corrected chi connectivity index (χ1v) is 9.37. The molecule has 1 aliphatic rings. The van der Waals surface area contributed by atoms with Crippen molar-refractivity contribution in [3.05, 3.63) is 71.8 Å². The fourth-order valence-electron chi connectivity index (χ4n) is 3.48. The van der Waals surface area contributed by atoms with Gasteiger partial charge in [-0.3, -0.25) is 4.79 Å². The minimum Gasteiger partial charge on any atom is -0.486 e. The Morgan fingerprint density at radius 2 is 1.78 bits per heavy atom. The van der Waals surface area contributed by atoms with Crippen LogP contribution in [0.5, 0.6) is 11.5 Å². The Morgan fingerprint density at radius 3 is 2.63 bits per heavy atom. The van der Waals surface area contributed by atoms with E-state index in [0.29, 0.717) is 32.7 Å². The molecule has 0 unspecified atom stereocenters. The van der Waals surface area contributed by atoms with Crippen molar-refractivity contribution in [2.75, 3.05) is 19.8 Å². The highest BCUT2D eigenvalue weighted by Gasteiger charge is 2.19. The van der Waals surface area contributed by atoms with Crippen molar-refractivity contribution in [2.45, 2.75) is 19.9 Å². The SMILES string of the molecule is CCN(Cc1cccc2c1OCCO2)C(=O)Cc1ccc2ccccc2c1. The van der Waals surface area contributed by atoms with Crippen LogP contribution in [0.3, 0.4) is 0 Å². The normalized spacial score (nSPS) is 12.8. The van der Waals surface area contributed by atoms with E-state index >= 15 is 0 Å². The minimum atomic E-state index is 0.113. The molecule has 1 aliphatic heterocycles. The highest BCUT2D eigenvalue weighted by molar-refractivity contribution is 5.85. The molecule has 0 saturated heterocycles. The lowest BCUT2D eigenvalue weighted by molar-refractivity contribution is -0.130. The first-order chi connectivity index (χ1) is 13.2. The molecule has 0 spiro atoms.